The summed E-state index contributed by atoms with van der Waals surface area (Å²) in [5, 5.41) is 9.37. The first-order chi connectivity index (χ1) is 11.1. The third kappa shape index (κ3) is 5.49. The van der Waals surface area contributed by atoms with E-state index in [1.165, 1.54) is 0 Å². The van der Waals surface area contributed by atoms with Crippen LogP contribution in [0.1, 0.15) is 17.5 Å². The number of benzene rings is 2. The van der Waals surface area contributed by atoms with Gasteiger partial charge in [-0.15, -0.1) is 0 Å². The van der Waals surface area contributed by atoms with E-state index in [2.05, 4.69) is 0 Å². The first kappa shape index (κ1) is 17.2. The van der Waals surface area contributed by atoms with Gasteiger partial charge in [0.1, 0.15) is 24.7 Å². The van der Waals surface area contributed by atoms with Crippen LogP contribution in [0.15, 0.2) is 42.5 Å². The molecule has 122 valence electrons. The fraction of sp³-hybridized carbons (Fsp3) is 0.278. The number of para-hydroxylation sites is 1. The van der Waals surface area contributed by atoms with E-state index in [1.54, 1.807) is 18.2 Å². The van der Waals surface area contributed by atoms with E-state index in [0.29, 0.717) is 30.4 Å². The van der Waals surface area contributed by atoms with Crippen LogP contribution >= 0.6 is 11.6 Å². The fourth-order valence-electron chi connectivity index (χ4n) is 2.15. The smallest absolute Gasteiger partial charge is 0.303 e. The van der Waals surface area contributed by atoms with Crippen LogP contribution in [-0.2, 0) is 11.2 Å². The summed E-state index contributed by atoms with van der Waals surface area (Å²) in [5.74, 6) is 0.626. The average Bonchev–Trinajstić information content (AvgIpc) is 2.52. The van der Waals surface area contributed by atoms with Gasteiger partial charge in [-0.1, -0.05) is 29.8 Å². The Hall–Kier alpha value is -2.20. The molecule has 2 rings (SSSR count). The van der Waals surface area contributed by atoms with Crippen LogP contribution in [0.2, 0.25) is 5.02 Å². The molecular formula is C18H19ClO4. The molecule has 5 heteroatoms. The lowest BCUT2D eigenvalue weighted by Crippen LogP contribution is -2.11. The zero-order valence-corrected chi connectivity index (χ0v) is 13.7. The first-order valence-corrected chi connectivity index (χ1v) is 7.75. The lowest BCUT2D eigenvalue weighted by Gasteiger charge is -2.13. The number of halogens is 1. The van der Waals surface area contributed by atoms with E-state index in [-0.39, 0.29) is 6.42 Å². The van der Waals surface area contributed by atoms with Crippen LogP contribution in [0.5, 0.6) is 11.5 Å². The number of hydrogen-bond donors (Lipinski definition) is 1. The number of carboxylic acids is 1. The van der Waals surface area contributed by atoms with Gasteiger partial charge in [0.25, 0.3) is 0 Å². The van der Waals surface area contributed by atoms with Crippen molar-refractivity contribution >= 4 is 17.6 Å². The summed E-state index contributed by atoms with van der Waals surface area (Å²) in [6, 6.07) is 13.0. The van der Waals surface area contributed by atoms with Gasteiger partial charge in [0.15, 0.2) is 0 Å². The molecule has 0 amide bonds. The van der Waals surface area contributed by atoms with Crippen molar-refractivity contribution < 1.29 is 19.4 Å². The Morgan fingerprint density at radius 1 is 1.09 bits per heavy atom. The molecule has 0 spiro atoms. The summed E-state index contributed by atoms with van der Waals surface area (Å²) in [6.07, 6.45) is 0.417. The summed E-state index contributed by atoms with van der Waals surface area (Å²) >= 11 is 5.96. The molecule has 0 saturated heterocycles. The monoisotopic (exact) mass is 334 g/mol. The molecule has 1 N–H and O–H groups in total. The van der Waals surface area contributed by atoms with Crippen LogP contribution in [0, 0.1) is 6.92 Å². The average molecular weight is 335 g/mol. The third-order valence-corrected chi connectivity index (χ3v) is 3.56. The van der Waals surface area contributed by atoms with Crippen LogP contribution in [-0.4, -0.2) is 24.3 Å². The highest BCUT2D eigenvalue weighted by Gasteiger charge is 2.08. The molecule has 0 aliphatic heterocycles. The summed E-state index contributed by atoms with van der Waals surface area (Å²) in [5.41, 5.74) is 1.86. The van der Waals surface area contributed by atoms with Crippen LogP contribution in [0.4, 0.5) is 0 Å². The summed E-state index contributed by atoms with van der Waals surface area (Å²) in [6.45, 7) is 2.77. The lowest BCUT2D eigenvalue weighted by molar-refractivity contribution is -0.136. The minimum Gasteiger partial charge on any atom is -0.490 e. The lowest BCUT2D eigenvalue weighted by atomic mass is 10.1. The van der Waals surface area contributed by atoms with Gasteiger partial charge in [0.2, 0.25) is 0 Å². The quantitative estimate of drug-likeness (QED) is 0.738. The van der Waals surface area contributed by atoms with Crippen molar-refractivity contribution in [3.63, 3.8) is 0 Å². The molecule has 2 aromatic rings. The van der Waals surface area contributed by atoms with Crippen molar-refractivity contribution in [2.24, 2.45) is 0 Å². The Morgan fingerprint density at radius 2 is 1.78 bits per heavy atom. The number of carboxylic acid groups (broad SMARTS) is 1. The molecular weight excluding hydrogens is 316 g/mol. The second-order valence-electron chi connectivity index (χ2n) is 5.11. The van der Waals surface area contributed by atoms with Crippen molar-refractivity contribution in [1.29, 1.82) is 0 Å². The van der Waals surface area contributed by atoms with Crippen molar-refractivity contribution in [2.75, 3.05) is 13.2 Å². The van der Waals surface area contributed by atoms with E-state index >= 15 is 0 Å². The van der Waals surface area contributed by atoms with E-state index in [9.17, 15) is 4.79 Å². The highest BCUT2D eigenvalue weighted by Crippen LogP contribution is 2.24. The summed E-state index contributed by atoms with van der Waals surface area (Å²) in [4.78, 5) is 10.7. The molecule has 0 bridgehead atoms. The predicted molar refractivity (Wildman–Crippen MR) is 89.6 cm³/mol. The van der Waals surface area contributed by atoms with E-state index in [4.69, 9.17) is 26.2 Å². The van der Waals surface area contributed by atoms with Gasteiger partial charge in [0, 0.05) is 11.4 Å². The van der Waals surface area contributed by atoms with E-state index < -0.39 is 5.97 Å². The highest BCUT2D eigenvalue weighted by molar-refractivity contribution is 6.30. The Morgan fingerprint density at radius 3 is 2.48 bits per heavy atom. The van der Waals surface area contributed by atoms with Gasteiger partial charge in [-0.3, -0.25) is 4.79 Å². The predicted octanol–water partition coefficient (Wildman–Crippen LogP) is 4.12. The fourth-order valence-corrected chi connectivity index (χ4v) is 2.34. The van der Waals surface area contributed by atoms with Crippen LogP contribution in [0.25, 0.3) is 0 Å². The Bertz CT molecular complexity index is 670. The maximum atomic E-state index is 10.7. The Labute approximate surface area is 140 Å². The van der Waals surface area contributed by atoms with Crippen LogP contribution < -0.4 is 9.47 Å². The molecule has 0 aliphatic rings. The number of hydrogen-bond acceptors (Lipinski definition) is 3. The molecule has 0 radical (unpaired) electrons. The van der Waals surface area contributed by atoms with Gasteiger partial charge < -0.3 is 14.6 Å². The van der Waals surface area contributed by atoms with Crippen molar-refractivity contribution in [2.45, 2.75) is 19.8 Å². The molecule has 2 aromatic carbocycles. The molecule has 0 aliphatic carbocycles. The van der Waals surface area contributed by atoms with E-state index in [0.717, 1.165) is 16.9 Å². The maximum Gasteiger partial charge on any atom is 0.303 e. The van der Waals surface area contributed by atoms with Crippen molar-refractivity contribution in [3.05, 3.63) is 58.6 Å². The second-order valence-corrected chi connectivity index (χ2v) is 5.54. The third-order valence-electron chi connectivity index (χ3n) is 3.32. The van der Waals surface area contributed by atoms with Gasteiger partial charge in [0.05, 0.1) is 0 Å². The number of aryl methyl sites for hydroxylation is 2. The Kier molecular flexibility index (Phi) is 6.29. The molecule has 0 aromatic heterocycles. The normalized spacial score (nSPS) is 10.3. The summed E-state index contributed by atoms with van der Waals surface area (Å²) < 4.78 is 11.4. The van der Waals surface area contributed by atoms with Crippen molar-refractivity contribution in [1.82, 2.24) is 0 Å². The largest absolute Gasteiger partial charge is 0.490 e. The molecule has 4 nitrogen and oxygen atoms in total. The van der Waals surface area contributed by atoms with Gasteiger partial charge in [-0.05, 0) is 48.7 Å². The van der Waals surface area contributed by atoms with E-state index in [1.807, 2.05) is 31.2 Å². The van der Waals surface area contributed by atoms with Crippen LogP contribution in [0.3, 0.4) is 0 Å². The standard InChI is InChI=1S/C18H19ClO4/c1-13-4-2-3-5-16(13)22-10-11-23-17-8-7-15(19)12-14(17)6-9-18(20)21/h2-5,7-8,12H,6,9-11H2,1H3,(H,20,21). The topological polar surface area (TPSA) is 55.8 Å². The Balaban J connectivity index is 1.90. The molecule has 0 unspecified atom stereocenters. The number of rotatable bonds is 8. The number of carbonyl (C=O) groups is 1. The highest BCUT2D eigenvalue weighted by atomic mass is 35.5. The molecule has 0 atom stereocenters. The first-order valence-electron chi connectivity index (χ1n) is 7.37. The van der Waals surface area contributed by atoms with Crippen molar-refractivity contribution in [3.8, 4) is 11.5 Å². The molecule has 0 fully saturated rings. The second kappa shape index (κ2) is 8.44. The number of ether oxygens (including phenoxy) is 2. The molecule has 0 saturated carbocycles. The van der Waals surface area contributed by atoms with Gasteiger partial charge >= 0.3 is 5.97 Å². The SMILES string of the molecule is Cc1ccccc1OCCOc1ccc(Cl)cc1CCC(=O)O. The minimum atomic E-state index is -0.848. The molecule has 0 heterocycles. The molecule has 23 heavy (non-hydrogen) atoms. The van der Waals surface area contributed by atoms with Gasteiger partial charge in [-0.25, -0.2) is 0 Å². The maximum absolute atomic E-state index is 10.7. The zero-order valence-electron chi connectivity index (χ0n) is 12.9. The van der Waals surface area contributed by atoms with Gasteiger partial charge in [-0.2, -0.15) is 0 Å². The minimum absolute atomic E-state index is 0.0381. The number of aliphatic carboxylic acids is 1. The zero-order chi connectivity index (χ0) is 16.7. The summed E-state index contributed by atoms with van der Waals surface area (Å²) in [7, 11) is 0.